The van der Waals surface area contributed by atoms with Gasteiger partial charge in [-0.2, -0.15) is 0 Å². The van der Waals surface area contributed by atoms with Gasteiger partial charge in [-0.25, -0.2) is 4.79 Å². The highest BCUT2D eigenvalue weighted by atomic mass is 35.5. The topological polar surface area (TPSA) is 74.7 Å². The number of aromatic carboxylic acids is 1. The molecule has 0 unspecified atom stereocenters. The minimum Gasteiger partial charge on any atom is -0.477 e. The molecule has 0 aliphatic heterocycles. The van der Waals surface area contributed by atoms with Gasteiger partial charge < -0.3 is 10.0 Å². The molecule has 30 heavy (non-hydrogen) atoms. The quantitative estimate of drug-likeness (QED) is 0.395. The molecule has 156 valence electrons. The van der Waals surface area contributed by atoms with Crippen molar-refractivity contribution >= 4 is 69.2 Å². The van der Waals surface area contributed by atoms with Crippen LogP contribution in [0.2, 0.25) is 10.0 Å². The summed E-state index contributed by atoms with van der Waals surface area (Å²) in [5.74, 6) is -1.61. The van der Waals surface area contributed by atoms with Crippen LogP contribution in [0.3, 0.4) is 0 Å². The van der Waals surface area contributed by atoms with E-state index >= 15 is 0 Å². The molecule has 0 spiro atoms. The van der Waals surface area contributed by atoms with Crippen LogP contribution in [-0.4, -0.2) is 28.8 Å². The van der Waals surface area contributed by atoms with Crippen molar-refractivity contribution < 1.29 is 19.5 Å². The number of benzene rings is 1. The molecule has 0 radical (unpaired) electrons. The van der Waals surface area contributed by atoms with Gasteiger partial charge in [0.2, 0.25) is 0 Å². The van der Waals surface area contributed by atoms with E-state index in [4.69, 9.17) is 23.2 Å². The van der Waals surface area contributed by atoms with E-state index in [1.807, 2.05) is 0 Å². The van der Waals surface area contributed by atoms with Gasteiger partial charge in [-0.05, 0) is 57.2 Å². The molecule has 9 heteroatoms. The van der Waals surface area contributed by atoms with Crippen LogP contribution in [0.4, 0.5) is 5.69 Å². The standard InChI is InChI=1S/C21H17Cl2NO4S2/c1-10(2)24(20(26)13-5-4-12(22)8-14(13)23)15-9-18(30-19(15)21(27)28)17-7-6-16(29-17)11(3)25/h4-10H,1-3H3,(H,27,28). The van der Waals surface area contributed by atoms with Crippen molar-refractivity contribution in [3.63, 3.8) is 0 Å². The summed E-state index contributed by atoms with van der Waals surface area (Å²) in [5, 5.41) is 10.4. The number of ketones is 1. The molecule has 2 aromatic heterocycles. The number of carboxylic acids is 1. The predicted molar refractivity (Wildman–Crippen MR) is 123 cm³/mol. The van der Waals surface area contributed by atoms with E-state index < -0.39 is 11.9 Å². The fraction of sp³-hybridized carbons (Fsp3) is 0.190. The second-order valence-corrected chi connectivity index (χ2v) is 9.72. The lowest BCUT2D eigenvalue weighted by atomic mass is 10.1. The Balaban J connectivity index is 2.11. The van der Waals surface area contributed by atoms with Crippen LogP contribution in [0.1, 0.15) is 50.5 Å². The Labute approximate surface area is 191 Å². The first-order chi connectivity index (χ1) is 14.1. The van der Waals surface area contributed by atoms with Crippen LogP contribution >= 0.6 is 45.9 Å². The maximum atomic E-state index is 13.3. The summed E-state index contributed by atoms with van der Waals surface area (Å²) in [4.78, 5) is 40.3. The molecule has 5 nitrogen and oxygen atoms in total. The largest absolute Gasteiger partial charge is 0.477 e. The highest BCUT2D eigenvalue weighted by Crippen LogP contribution is 2.41. The minimum absolute atomic E-state index is 0.0370. The van der Waals surface area contributed by atoms with Gasteiger partial charge in [0.05, 0.1) is 21.2 Å². The minimum atomic E-state index is -1.13. The highest BCUT2D eigenvalue weighted by molar-refractivity contribution is 7.24. The third kappa shape index (κ3) is 4.44. The Morgan fingerprint density at radius 3 is 2.23 bits per heavy atom. The molecule has 1 N–H and O–H groups in total. The Kier molecular flexibility index (Phi) is 6.67. The third-order valence-electron chi connectivity index (χ3n) is 4.26. The van der Waals surface area contributed by atoms with E-state index in [0.29, 0.717) is 14.8 Å². The molecular formula is C21H17Cl2NO4S2. The second-order valence-electron chi connectivity index (χ2n) is 6.74. The first-order valence-corrected chi connectivity index (χ1v) is 11.3. The molecule has 1 amide bonds. The van der Waals surface area contributed by atoms with Gasteiger partial charge in [0, 0.05) is 20.8 Å². The summed E-state index contributed by atoms with van der Waals surface area (Å²) >= 11 is 14.5. The number of hydrogen-bond acceptors (Lipinski definition) is 5. The first kappa shape index (κ1) is 22.5. The maximum Gasteiger partial charge on any atom is 0.348 e. The lowest BCUT2D eigenvalue weighted by Gasteiger charge is -2.27. The van der Waals surface area contributed by atoms with Gasteiger partial charge in [0.15, 0.2) is 5.78 Å². The van der Waals surface area contributed by atoms with Crippen LogP contribution < -0.4 is 4.90 Å². The third-order valence-corrected chi connectivity index (χ3v) is 7.30. The maximum absolute atomic E-state index is 13.3. The van der Waals surface area contributed by atoms with Crippen molar-refractivity contribution in [1.29, 1.82) is 0 Å². The molecule has 0 atom stereocenters. The van der Waals surface area contributed by atoms with Gasteiger partial charge >= 0.3 is 5.97 Å². The van der Waals surface area contributed by atoms with Crippen molar-refractivity contribution in [3.8, 4) is 9.75 Å². The van der Waals surface area contributed by atoms with Crippen molar-refractivity contribution in [2.24, 2.45) is 0 Å². The highest BCUT2D eigenvalue weighted by Gasteiger charge is 2.29. The van der Waals surface area contributed by atoms with Gasteiger partial charge in [0.25, 0.3) is 5.91 Å². The molecule has 0 fully saturated rings. The molecule has 3 rings (SSSR count). The van der Waals surface area contributed by atoms with E-state index in [0.717, 1.165) is 16.2 Å². The predicted octanol–water partition coefficient (Wildman–Crippen LogP) is 6.74. The molecule has 0 saturated heterocycles. The Morgan fingerprint density at radius 1 is 1.00 bits per heavy atom. The Hall–Kier alpha value is -2.19. The van der Waals surface area contributed by atoms with Crippen molar-refractivity contribution in [3.05, 3.63) is 61.8 Å². The number of Topliss-reactive ketones (excluding diaryl/α,β-unsaturated/α-hetero) is 1. The first-order valence-electron chi connectivity index (χ1n) is 8.87. The Morgan fingerprint density at radius 2 is 1.70 bits per heavy atom. The SMILES string of the molecule is CC(=O)c1ccc(-c2cc(N(C(=O)c3ccc(Cl)cc3Cl)C(C)C)c(C(=O)O)s2)s1. The number of carboxylic acid groups (broad SMARTS) is 1. The number of amides is 1. The summed E-state index contributed by atoms with van der Waals surface area (Å²) in [6.45, 7) is 5.07. The summed E-state index contributed by atoms with van der Waals surface area (Å²) in [7, 11) is 0. The van der Waals surface area contributed by atoms with E-state index in [-0.39, 0.29) is 33.0 Å². The number of hydrogen-bond donors (Lipinski definition) is 1. The number of halogens is 2. The number of anilines is 1. The van der Waals surface area contributed by atoms with Crippen LogP contribution in [0.25, 0.3) is 9.75 Å². The lowest BCUT2D eigenvalue weighted by Crippen LogP contribution is -2.37. The zero-order valence-electron chi connectivity index (χ0n) is 16.2. The molecule has 2 heterocycles. The van der Waals surface area contributed by atoms with Crippen LogP contribution in [0.5, 0.6) is 0 Å². The molecule has 0 aliphatic rings. The zero-order valence-corrected chi connectivity index (χ0v) is 19.4. The molecule has 3 aromatic rings. The van der Waals surface area contributed by atoms with E-state index in [9.17, 15) is 19.5 Å². The van der Waals surface area contributed by atoms with Crippen LogP contribution in [-0.2, 0) is 0 Å². The van der Waals surface area contributed by atoms with Crippen LogP contribution in [0.15, 0.2) is 36.4 Å². The Bertz CT molecular complexity index is 1150. The monoisotopic (exact) mass is 481 g/mol. The average Bonchev–Trinajstić information content (AvgIpc) is 3.28. The van der Waals surface area contributed by atoms with Gasteiger partial charge in [-0.3, -0.25) is 9.59 Å². The van der Waals surface area contributed by atoms with Gasteiger partial charge in [-0.15, -0.1) is 22.7 Å². The number of rotatable bonds is 6. The van der Waals surface area contributed by atoms with Crippen LogP contribution in [0, 0.1) is 0 Å². The fourth-order valence-electron chi connectivity index (χ4n) is 2.91. The van der Waals surface area contributed by atoms with Crippen molar-refractivity contribution in [2.45, 2.75) is 26.8 Å². The summed E-state index contributed by atoms with van der Waals surface area (Å²) in [6.07, 6.45) is 0. The van der Waals surface area contributed by atoms with Crippen molar-refractivity contribution in [1.82, 2.24) is 0 Å². The summed E-state index contributed by atoms with van der Waals surface area (Å²) < 4.78 is 0. The van der Waals surface area contributed by atoms with Crippen molar-refractivity contribution in [2.75, 3.05) is 4.90 Å². The second kappa shape index (κ2) is 8.89. The number of nitrogens with zero attached hydrogens (tertiary/aromatic N) is 1. The number of carbonyl (C=O) groups is 3. The molecule has 0 saturated carbocycles. The summed E-state index contributed by atoms with van der Waals surface area (Å²) in [6, 6.07) is 9.38. The fourth-order valence-corrected chi connectivity index (χ4v) is 5.37. The van der Waals surface area contributed by atoms with E-state index in [1.165, 1.54) is 35.3 Å². The zero-order chi connectivity index (χ0) is 22.2. The number of carbonyl (C=O) groups excluding carboxylic acids is 2. The smallest absolute Gasteiger partial charge is 0.348 e. The van der Waals surface area contributed by atoms with E-state index in [2.05, 4.69) is 0 Å². The summed E-state index contributed by atoms with van der Waals surface area (Å²) in [5.41, 5.74) is 0.514. The lowest BCUT2D eigenvalue weighted by molar-refractivity contribution is 0.0702. The van der Waals surface area contributed by atoms with Gasteiger partial charge in [-0.1, -0.05) is 23.2 Å². The molecule has 1 aromatic carbocycles. The normalized spacial score (nSPS) is 11.0. The molecular weight excluding hydrogens is 465 g/mol. The average molecular weight is 482 g/mol. The van der Waals surface area contributed by atoms with E-state index in [1.54, 1.807) is 38.1 Å². The number of thiophene rings is 2. The molecule has 0 bridgehead atoms. The molecule has 0 aliphatic carbocycles. The van der Waals surface area contributed by atoms with Gasteiger partial charge in [0.1, 0.15) is 4.88 Å².